The lowest BCUT2D eigenvalue weighted by Gasteiger charge is -2.42. The molecule has 3 amide bonds. The van der Waals surface area contributed by atoms with Crippen molar-refractivity contribution in [3.8, 4) is 5.75 Å². The number of aryl methyl sites for hydroxylation is 1. The molecule has 3 rings (SSSR count). The van der Waals surface area contributed by atoms with Crippen LogP contribution in [0.3, 0.4) is 0 Å². The van der Waals surface area contributed by atoms with Crippen LogP contribution in [0.4, 0.5) is 4.79 Å². The van der Waals surface area contributed by atoms with E-state index in [4.69, 9.17) is 4.74 Å². The molecule has 1 heterocycles. The van der Waals surface area contributed by atoms with Crippen molar-refractivity contribution in [3.05, 3.63) is 29.8 Å². The van der Waals surface area contributed by atoms with Gasteiger partial charge in [-0.3, -0.25) is 9.69 Å². The highest BCUT2D eigenvalue weighted by molar-refractivity contribution is 6.07. The second-order valence-electron chi connectivity index (χ2n) is 9.32. The average molecular weight is 403 g/mol. The number of imide groups is 1. The van der Waals surface area contributed by atoms with E-state index in [1.807, 2.05) is 31.2 Å². The van der Waals surface area contributed by atoms with E-state index in [0.29, 0.717) is 24.5 Å². The summed E-state index contributed by atoms with van der Waals surface area (Å²) in [5.74, 6) is 1.01. The van der Waals surface area contributed by atoms with E-state index in [1.165, 1.54) is 0 Å². The highest BCUT2D eigenvalue weighted by atomic mass is 16.5. The van der Waals surface area contributed by atoms with Crippen molar-refractivity contribution in [1.82, 2.24) is 10.2 Å². The SMILES string of the molecule is CCC(C)(C)C1CCC2(CC1)NC(=O)N(C[C@@H](O)COc1ccc(C)cc1)C2=O. The molecule has 0 aromatic heterocycles. The number of aliphatic hydroxyl groups excluding tert-OH is 1. The highest BCUT2D eigenvalue weighted by Gasteiger charge is 2.53. The molecule has 29 heavy (non-hydrogen) atoms. The van der Waals surface area contributed by atoms with Crippen LogP contribution in [0.25, 0.3) is 0 Å². The van der Waals surface area contributed by atoms with Crippen LogP contribution in [0.15, 0.2) is 24.3 Å². The Bertz CT molecular complexity index is 736. The second-order valence-corrected chi connectivity index (χ2v) is 9.32. The van der Waals surface area contributed by atoms with Crippen LogP contribution in [0.1, 0.15) is 58.4 Å². The lowest BCUT2D eigenvalue weighted by atomic mass is 9.65. The molecule has 1 spiro atoms. The molecule has 1 aliphatic heterocycles. The molecule has 6 heteroatoms. The quantitative estimate of drug-likeness (QED) is 0.683. The molecule has 1 saturated carbocycles. The summed E-state index contributed by atoms with van der Waals surface area (Å²) in [6, 6.07) is 7.12. The van der Waals surface area contributed by atoms with Crippen LogP contribution in [-0.4, -0.2) is 46.7 Å². The monoisotopic (exact) mass is 402 g/mol. The molecule has 2 aliphatic rings. The summed E-state index contributed by atoms with van der Waals surface area (Å²) >= 11 is 0. The minimum atomic E-state index is -0.934. The molecule has 0 radical (unpaired) electrons. The Labute approximate surface area is 173 Å². The van der Waals surface area contributed by atoms with Crippen molar-refractivity contribution in [1.29, 1.82) is 0 Å². The molecule has 6 nitrogen and oxygen atoms in total. The predicted molar refractivity (Wildman–Crippen MR) is 112 cm³/mol. The van der Waals surface area contributed by atoms with Gasteiger partial charge in [0.05, 0.1) is 6.54 Å². The topological polar surface area (TPSA) is 78.9 Å². The molecule has 160 valence electrons. The summed E-state index contributed by atoms with van der Waals surface area (Å²) in [4.78, 5) is 26.7. The molecular formula is C23H34N2O4. The maximum atomic E-state index is 13.1. The first kappa shape index (κ1) is 21.6. The summed E-state index contributed by atoms with van der Waals surface area (Å²) in [7, 11) is 0. The van der Waals surface area contributed by atoms with Crippen LogP contribution >= 0.6 is 0 Å². The Morgan fingerprint density at radius 1 is 1.24 bits per heavy atom. The number of nitrogens with one attached hydrogen (secondary N) is 1. The van der Waals surface area contributed by atoms with Crippen molar-refractivity contribution in [2.75, 3.05) is 13.2 Å². The van der Waals surface area contributed by atoms with Crippen molar-refractivity contribution >= 4 is 11.9 Å². The molecule has 0 unspecified atom stereocenters. The number of rotatable bonds is 7. The standard InChI is InChI=1S/C23H34N2O4/c1-5-22(3,4)17-10-12-23(13-11-17)20(27)25(21(28)24-23)14-18(26)15-29-19-8-6-16(2)7-9-19/h6-9,17-18,26H,5,10-15H2,1-4H3,(H,24,28)/t17?,18-,23?/m1/s1. The molecule has 2 fully saturated rings. The molecule has 2 N–H and O–H groups in total. The van der Waals surface area contributed by atoms with E-state index in [-0.39, 0.29) is 24.5 Å². The van der Waals surface area contributed by atoms with E-state index in [9.17, 15) is 14.7 Å². The fraction of sp³-hybridized carbons (Fsp3) is 0.652. The lowest BCUT2D eigenvalue weighted by Crippen LogP contribution is -2.51. The van der Waals surface area contributed by atoms with Gasteiger partial charge < -0.3 is 15.2 Å². The van der Waals surface area contributed by atoms with E-state index in [1.54, 1.807) is 0 Å². The van der Waals surface area contributed by atoms with Crippen molar-refractivity contribution in [2.24, 2.45) is 11.3 Å². The molecule has 1 aromatic rings. The number of carbonyl (C=O) groups is 2. The number of carbonyl (C=O) groups excluding carboxylic acids is 2. The first-order valence-electron chi connectivity index (χ1n) is 10.7. The van der Waals surface area contributed by atoms with Gasteiger partial charge in [-0.25, -0.2) is 4.79 Å². The molecule has 1 saturated heterocycles. The summed E-state index contributed by atoms with van der Waals surface area (Å²) < 4.78 is 5.58. The number of hydrogen-bond donors (Lipinski definition) is 2. The maximum Gasteiger partial charge on any atom is 0.325 e. The number of hydrogen-bond acceptors (Lipinski definition) is 4. The van der Waals surface area contributed by atoms with Gasteiger partial charge in [0, 0.05) is 0 Å². The number of ether oxygens (including phenoxy) is 1. The van der Waals surface area contributed by atoms with Gasteiger partial charge in [-0.05, 0) is 56.1 Å². The van der Waals surface area contributed by atoms with Crippen LogP contribution in [-0.2, 0) is 4.79 Å². The zero-order valence-corrected chi connectivity index (χ0v) is 18.0. The molecule has 1 atom stereocenters. The number of nitrogens with zero attached hydrogens (tertiary/aromatic N) is 1. The molecule has 0 bridgehead atoms. The van der Waals surface area contributed by atoms with Crippen LogP contribution in [0.2, 0.25) is 0 Å². The maximum absolute atomic E-state index is 13.1. The minimum absolute atomic E-state index is 0.0277. The normalized spacial score (nSPS) is 26.0. The first-order valence-corrected chi connectivity index (χ1v) is 10.7. The number of aliphatic hydroxyl groups is 1. The Hall–Kier alpha value is -2.08. The van der Waals surface area contributed by atoms with Crippen molar-refractivity contribution in [3.63, 3.8) is 0 Å². The average Bonchev–Trinajstić information content (AvgIpc) is 2.92. The summed E-state index contributed by atoms with van der Waals surface area (Å²) in [5.41, 5.74) is 0.574. The summed E-state index contributed by atoms with van der Waals surface area (Å²) in [6.45, 7) is 8.72. The van der Waals surface area contributed by atoms with E-state index in [2.05, 4.69) is 26.1 Å². The van der Waals surface area contributed by atoms with Crippen LogP contribution < -0.4 is 10.1 Å². The van der Waals surface area contributed by atoms with Crippen molar-refractivity contribution in [2.45, 2.75) is 71.4 Å². The Morgan fingerprint density at radius 3 is 2.45 bits per heavy atom. The summed E-state index contributed by atoms with van der Waals surface area (Å²) in [5, 5.41) is 13.3. The smallest absolute Gasteiger partial charge is 0.325 e. The van der Waals surface area contributed by atoms with Crippen LogP contribution in [0.5, 0.6) is 5.75 Å². The van der Waals surface area contributed by atoms with Gasteiger partial charge in [-0.15, -0.1) is 0 Å². The van der Waals surface area contributed by atoms with Gasteiger partial charge >= 0.3 is 6.03 Å². The zero-order chi connectivity index (χ0) is 21.2. The van der Waals surface area contributed by atoms with E-state index in [0.717, 1.165) is 29.7 Å². The molecule has 1 aliphatic carbocycles. The van der Waals surface area contributed by atoms with E-state index >= 15 is 0 Å². The predicted octanol–water partition coefficient (Wildman–Crippen LogP) is 3.65. The van der Waals surface area contributed by atoms with Gasteiger partial charge in [-0.2, -0.15) is 0 Å². The fourth-order valence-corrected chi connectivity index (χ4v) is 4.45. The minimum Gasteiger partial charge on any atom is -0.491 e. The van der Waals surface area contributed by atoms with Gasteiger partial charge in [0.2, 0.25) is 0 Å². The van der Waals surface area contributed by atoms with Crippen molar-refractivity contribution < 1.29 is 19.4 Å². The molecule has 1 aromatic carbocycles. The zero-order valence-electron chi connectivity index (χ0n) is 18.0. The highest BCUT2D eigenvalue weighted by Crippen LogP contribution is 2.45. The Balaban J connectivity index is 1.56. The van der Waals surface area contributed by atoms with Crippen LogP contribution in [0, 0.1) is 18.3 Å². The molecular weight excluding hydrogens is 368 g/mol. The third-order valence-corrected chi connectivity index (χ3v) is 6.96. The number of β-amino-alcohol motifs (C(OH)–C–C–N with tert-alkyl or cyclic N) is 1. The fourth-order valence-electron chi connectivity index (χ4n) is 4.45. The first-order chi connectivity index (χ1) is 13.7. The third-order valence-electron chi connectivity index (χ3n) is 6.96. The Kier molecular flexibility index (Phi) is 6.22. The number of urea groups is 1. The number of amides is 3. The largest absolute Gasteiger partial charge is 0.491 e. The van der Waals surface area contributed by atoms with E-state index < -0.39 is 17.7 Å². The Morgan fingerprint density at radius 2 is 1.86 bits per heavy atom. The summed E-state index contributed by atoms with van der Waals surface area (Å²) in [6.07, 6.45) is 3.36. The van der Waals surface area contributed by atoms with Gasteiger partial charge in [-0.1, -0.05) is 44.9 Å². The lowest BCUT2D eigenvalue weighted by molar-refractivity contribution is -0.134. The van der Waals surface area contributed by atoms with Gasteiger partial charge in [0.25, 0.3) is 5.91 Å². The number of benzene rings is 1. The van der Waals surface area contributed by atoms with Gasteiger partial charge in [0.15, 0.2) is 0 Å². The van der Waals surface area contributed by atoms with Gasteiger partial charge in [0.1, 0.15) is 24.0 Å². The second kappa shape index (κ2) is 8.34. The third kappa shape index (κ3) is 4.58.